The Morgan fingerprint density at radius 2 is 1.08 bits per heavy atom. The lowest BCUT2D eigenvalue weighted by molar-refractivity contribution is 0.405. The standard InChI is InChI=1S/C20H28O2Si3/c1-7-24(5,8-2)21-23(3,4)22-25(6,19-15-11-9-12-16-19)20-17-13-10-14-18-20/h7-18H,1-2H2,3-6H3. The average molecular weight is 385 g/mol. The molecular weight excluding hydrogens is 356 g/mol. The molecular formula is C20H28O2Si3. The van der Waals surface area contributed by atoms with Crippen molar-refractivity contribution in [1.82, 2.24) is 0 Å². The van der Waals surface area contributed by atoms with E-state index >= 15 is 0 Å². The van der Waals surface area contributed by atoms with Gasteiger partial charge in [-0.3, -0.25) is 0 Å². The van der Waals surface area contributed by atoms with Crippen LogP contribution in [0.3, 0.4) is 0 Å². The van der Waals surface area contributed by atoms with E-state index in [9.17, 15) is 0 Å². The molecule has 0 aliphatic heterocycles. The SMILES string of the molecule is C=C[Si](C)(C=C)O[Si](C)(C)O[Si](C)(c1ccccc1)c1ccccc1. The second kappa shape index (κ2) is 7.80. The van der Waals surface area contributed by atoms with Crippen molar-refractivity contribution in [3.05, 3.63) is 85.2 Å². The highest BCUT2D eigenvalue weighted by Crippen LogP contribution is 2.22. The summed E-state index contributed by atoms with van der Waals surface area (Å²) in [5.74, 6) is 0. The van der Waals surface area contributed by atoms with Crippen LogP contribution in [-0.2, 0) is 8.23 Å². The Labute approximate surface area is 155 Å². The van der Waals surface area contributed by atoms with Crippen LogP contribution in [0.5, 0.6) is 0 Å². The summed E-state index contributed by atoms with van der Waals surface area (Å²) in [5.41, 5.74) is 3.84. The molecule has 0 spiro atoms. The molecule has 0 unspecified atom stereocenters. The first-order chi connectivity index (χ1) is 11.7. The average Bonchev–Trinajstić information content (AvgIpc) is 2.62. The van der Waals surface area contributed by atoms with Gasteiger partial charge in [0.1, 0.15) is 0 Å². The van der Waals surface area contributed by atoms with E-state index in [-0.39, 0.29) is 0 Å². The Bertz CT molecular complexity index is 667. The van der Waals surface area contributed by atoms with Gasteiger partial charge in [-0.2, -0.15) is 0 Å². The fraction of sp³-hybridized carbons (Fsp3) is 0.200. The van der Waals surface area contributed by atoms with E-state index in [0.717, 1.165) is 0 Å². The molecule has 132 valence electrons. The molecule has 2 aromatic rings. The smallest absolute Gasteiger partial charge is 0.312 e. The molecule has 25 heavy (non-hydrogen) atoms. The molecule has 0 saturated carbocycles. The molecule has 0 atom stereocenters. The topological polar surface area (TPSA) is 18.5 Å². The number of hydrogen-bond donors (Lipinski definition) is 0. The molecule has 2 nitrogen and oxygen atoms in total. The van der Waals surface area contributed by atoms with Gasteiger partial charge in [-0.05, 0) is 36.6 Å². The van der Waals surface area contributed by atoms with Crippen LogP contribution in [0.25, 0.3) is 0 Å². The van der Waals surface area contributed by atoms with Gasteiger partial charge < -0.3 is 8.23 Å². The minimum atomic E-state index is -2.40. The summed E-state index contributed by atoms with van der Waals surface area (Å²) in [7, 11) is -6.92. The predicted molar refractivity (Wildman–Crippen MR) is 115 cm³/mol. The maximum Gasteiger partial charge on any atom is 0.312 e. The number of rotatable bonds is 8. The van der Waals surface area contributed by atoms with Crippen molar-refractivity contribution in [1.29, 1.82) is 0 Å². The minimum absolute atomic E-state index is 1.26. The lowest BCUT2D eigenvalue weighted by Gasteiger charge is -2.39. The van der Waals surface area contributed by atoms with E-state index in [1.54, 1.807) is 0 Å². The first-order valence-electron chi connectivity index (χ1n) is 8.53. The third-order valence-electron chi connectivity index (χ3n) is 4.38. The summed E-state index contributed by atoms with van der Waals surface area (Å²) < 4.78 is 13.4. The molecule has 0 saturated heterocycles. The van der Waals surface area contributed by atoms with E-state index in [1.807, 2.05) is 23.5 Å². The maximum atomic E-state index is 6.89. The molecule has 5 heteroatoms. The Hall–Kier alpha value is -1.51. The fourth-order valence-electron chi connectivity index (χ4n) is 3.01. The predicted octanol–water partition coefficient (Wildman–Crippen LogP) is 4.14. The highest BCUT2D eigenvalue weighted by molar-refractivity contribution is 7.02. The Kier molecular flexibility index (Phi) is 6.18. The van der Waals surface area contributed by atoms with E-state index < -0.39 is 25.2 Å². The van der Waals surface area contributed by atoms with Crippen molar-refractivity contribution in [3.8, 4) is 0 Å². The zero-order chi connectivity index (χ0) is 18.6. The van der Waals surface area contributed by atoms with Crippen molar-refractivity contribution in [2.75, 3.05) is 0 Å². The molecule has 0 aliphatic carbocycles. The van der Waals surface area contributed by atoms with Crippen molar-refractivity contribution in [3.63, 3.8) is 0 Å². The van der Waals surface area contributed by atoms with Gasteiger partial charge in [-0.15, -0.1) is 13.2 Å². The first kappa shape index (κ1) is 19.8. The van der Waals surface area contributed by atoms with E-state index in [0.29, 0.717) is 0 Å². The van der Waals surface area contributed by atoms with Crippen molar-refractivity contribution in [2.24, 2.45) is 0 Å². The van der Waals surface area contributed by atoms with Crippen molar-refractivity contribution >= 4 is 35.6 Å². The first-order valence-corrected chi connectivity index (χ1v) is 16.3. The molecule has 0 fully saturated rings. The largest absolute Gasteiger partial charge is 0.430 e. The maximum absolute atomic E-state index is 6.89. The van der Waals surface area contributed by atoms with Crippen molar-refractivity contribution in [2.45, 2.75) is 26.2 Å². The van der Waals surface area contributed by atoms with Gasteiger partial charge in [0.05, 0.1) is 0 Å². The summed E-state index contributed by atoms with van der Waals surface area (Å²) >= 11 is 0. The highest BCUT2D eigenvalue weighted by Gasteiger charge is 2.43. The second-order valence-electron chi connectivity index (χ2n) is 6.96. The van der Waals surface area contributed by atoms with Gasteiger partial charge in [0.2, 0.25) is 16.6 Å². The summed E-state index contributed by atoms with van der Waals surface area (Å²) in [6.45, 7) is 16.5. The molecule has 0 aliphatic rings. The normalized spacial score (nSPS) is 12.6. The van der Waals surface area contributed by atoms with Crippen LogP contribution in [0.2, 0.25) is 26.2 Å². The van der Waals surface area contributed by atoms with Crippen LogP contribution in [0.1, 0.15) is 0 Å². The lowest BCUT2D eigenvalue weighted by Crippen LogP contribution is -2.64. The van der Waals surface area contributed by atoms with Gasteiger partial charge in [-0.25, -0.2) is 0 Å². The van der Waals surface area contributed by atoms with Gasteiger partial charge in [0.25, 0.3) is 0 Å². The summed E-state index contributed by atoms with van der Waals surface area (Å²) in [4.78, 5) is 0. The zero-order valence-corrected chi connectivity index (χ0v) is 18.7. The van der Waals surface area contributed by atoms with Crippen LogP contribution in [0.15, 0.2) is 85.2 Å². The van der Waals surface area contributed by atoms with Crippen LogP contribution in [-0.4, -0.2) is 25.2 Å². The second-order valence-corrected chi connectivity index (χ2v) is 17.8. The molecule has 0 amide bonds. The highest BCUT2D eigenvalue weighted by atomic mass is 28.5. The minimum Gasteiger partial charge on any atom is -0.430 e. The molecule has 2 aromatic carbocycles. The molecule has 0 N–H and O–H groups in total. The van der Waals surface area contributed by atoms with Crippen LogP contribution in [0.4, 0.5) is 0 Å². The molecule has 0 aromatic heterocycles. The van der Waals surface area contributed by atoms with Crippen LogP contribution in [0, 0.1) is 0 Å². The Morgan fingerprint density at radius 1 is 0.680 bits per heavy atom. The van der Waals surface area contributed by atoms with Gasteiger partial charge in [0.15, 0.2) is 0 Å². The lowest BCUT2D eigenvalue weighted by atomic mass is 10.4. The number of hydrogen-bond acceptors (Lipinski definition) is 2. The third-order valence-corrected chi connectivity index (χ3v) is 16.2. The quantitative estimate of drug-likeness (QED) is 0.637. The molecule has 0 heterocycles. The van der Waals surface area contributed by atoms with Crippen LogP contribution >= 0.6 is 0 Å². The van der Waals surface area contributed by atoms with Gasteiger partial charge in [-0.1, -0.05) is 72.1 Å². The third kappa shape index (κ3) is 4.77. The fourth-order valence-corrected chi connectivity index (χ4v) is 15.5. The zero-order valence-electron chi connectivity index (χ0n) is 15.7. The Balaban J connectivity index is 2.44. The summed E-state index contributed by atoms with van der Waals surface area (Å²) in [6, 6.07) is 21.1. The molecule has 0 bridgehead atoms. The summed E-state index contributed by atoms with van der Waals surface area (Å²) in [6.07, 6.45) is 0. The molecule has 0 radical (unpaired) electrons. The monoisotopic (exact) mass is 384 g/mol. The van der Waals surface area contributed by atoms with E-state index in [2.05, 4.69) is 87.9 Å². The van der Waals surface area contributed by atoms with E-state index in [4.69, 9.17) is 8.23 Å². The van der Waals surface area contributed by atoms with Gasteiger partial charge in [0, 0.05) is 0 Å². The van der Waals surface area contributed by atoms with E-state index in [1.165, 1.54) is 10.4 Å². The number of benzene rings is 2. The summed E-state index contributed by atoms with van der Waals surface area (Å²) in [5, 5.41) is 2.51. The Morgan fingerprint density at radius 3 is 1.44 bits per heavy atom. The van der Waals surface area contributed by atoms with Crippen LogP contribution < -0.4 is 10.4 Å². The van der Waals surface area contributed by atoms with Crippen molar-refractivity contribution < 1.29 is 8.23 Å². The van der Waals surface area contributed by atoms with Gasteiger partial charge >= 0.3 is 8.56 Å². The molecule has 2 rings (SSSR count).